The molecule has 0 bridgehead atoms. The van der Waals surface area contributed by atoms with Crippen molar-refractivity contribution in [1.29, 1.82) is 5.26 Å². The maximum atomic E-state index is 11.7. The average molecular weight is 300 g/mol. The third-order valence-electron chi connectivity index (χ3n) is 2.32. The standard InChI is InChI=1S/C13H8N4OS2/c1-15-11-4-6-12(16(2)9-11)19-20-13-5-3-10(7-14)8-17(13)18/h3-6,8-9H,2H2. The van der Waals surface area contributed by atoms with Crippen LogP contribution in [0.2, 0.25) is 0 Å². The maximum Gasteiger partial charge on any atom is 0.261 e. The molecule has 0 amide bonds. The zero-order valence-electron chi connectivity index (χ0n) is 10.2. The van der Waals surface area contributed by atoms with Gasteiger partial charge >= 0.3 is 0 Å². The monoisotopic (exact) mass is 300 g/mol. The molecule has 0 atom stereocenters. The van der Waals surface area contributed by atoms with Gasteiger partial charge in [-0.2, -0.15) is 9.99 Å². The fraction of sp³-hybridized carbons (Fsp3) is 0. The van der Waals surface area contributed by atoms with Crippen LogP contribution in [0.4, 0.5) is 5.69 Å². The van der Waals surface area contributed by atoms with Crippen molar-refractivity contribution in [2.75, 3.05) is 0 Å². The summed E-state index contributed by atoms with van der Waals surface area (Å²) < 4.78 is 2.25. The largest absolute Gasteiger partial charge is 0.618 e. The van der Waals surface area contributed by atoms with E-state index in [1.54, 1.807) is 35.0 Å². The molecular formula is C13H8N4OS2. The van der Waals surface area contributed by atoms with E-state index in [0.29, 0.717) is 21.0 Å². The summed E-state index contributed by atoms with van der Waals surface area (Å²) in [5.74, 6) is 0. The molecule has 2 aromatic heterocycles. The van der Waals surface area contributed by atoms with Gasteiger partial charge in [0, 0.05) is 23.9 Å². The summed E-state index contributed by atoms with van der Waals surface area (Å²) in [6, 6.07) is 8.58. The lowest BCUT2D eigenvalue weighted by atomic mass is 10.3. The Morgan fingerprint density at radius 1 is 1.20 bits per heavy atom. The highest BCUT2D eigenvalue weighted by Gasteiger charge is 2.10. The van der Waals surface area contributed by atoms with Gasteiger partial charge in [0.25, 0.3) is 5.03 Å². The van der Waals surface area contributed by atoms with Gasteiger partial charge < -0.3 is 9.77 Å². The summed E-state index contributed by atoms with van der Waals surface area (Å²) in [5, 5.41) is 21.7. The highest BCUT2D eigenvalue weighted by atomic mass is 33.1. The van der Waals surface area contributed by atoms with Gasteiger partial charge in [0.15, 0.2) is 11.9 Å². The molecule has 0 aliphatic heterocycles. The third kappa shape index (κ3) is 3.15. The van der Waals surface area contributed by atoms with Crippen molar-refractivity contribution >= 4 is 27.3 Å². The first-order valence-corrected chi connectivity index (χ1v) is 7.51. The molecule has 0 aliphatic carbocycles. The summed E-state index contributed by atoms with van der Waals surface area (Å²) in [6.45, 7) is 6.91. The molecule has 20 heavy (non-hydrogen) atoms. The van der Waals surface area contributed by atoms with Crippen molar-refractivity contribution in [2.45, 2.75) is 10.1 Å². The van der Waals surface area contributed by atoms with Crippen LogP contribution < -0.4 is 9.30 Å². The summed E-state index contributed by atoms with van der Waals surface area (Å²) in [7, 11) is 6.43. The Morgan fingerprint density at radius 3 is 2.50 bits per heavy atom. The van der Waals surface area contributed by atoms with Crippen molar-refractivity contribution in [1.82, 2.24) is 0 Å². The summed E-state index contributed by atoms with van der Waals surface area (Å²) in [5.41, 5.74) is 0.828. The van der Waals surface area contributed by atoms with Crippen molar-refractivity contribution in [3.05, 3.63) is 65.9 Å². The quantitative estimate of drug-likeness (QED) is 0.378. The average Bonchev–Trinajstić information content (AvgIpc) is 2.46. The molecule has 0 saturated carbocycles. The number of nitriles is 1. The van der Waals surface area contributed by atoms with Gasteiger partial charge in [-0.1, -0.05) is 12.1 Å². The molecule has 0 fully saturated rings. The van der Waals surface area contributed by atoms with E-state index in [1.165, 1.54) is 27.8 Å². The highest BCUT2D eigenvalue weighted by Crippen LogP contribution is 2.34. The fourth-order valence-corrected chi connectivity index (χ4v) is 3.39. The molecule has 0 saturated heterocycles. The second-order valence-corrected chi connectivity index (χ2v) is 5.84. The third-order valence-corrected chi connectivity index (χ3v) is 4.70. The zero-order chi connectivity index (χ0) is 14.5. The molecule has 0 unspecified atom stereocenters. The van der Waals surface area contributed by atoms with Gasteiger partial charge in [0.05, 0.1) is 12.8 Å². The van der Waals surface area contributed by atoms with Crippen molar-refractivity contribution < 1.29 is 9.30 Å². The number of hydrogen-bond donors (Lipinski definition) is 0. The zero-order valence-corrected chi connectivity index (χ0v) is 11.8. The van der Waals surface area contributed by atoms with Crippen molar-refractivity contribution in [3.8, 4) is 6.07 Å². The SMILES string of the molecule is [C-]#[N+]c1ccc(SSc2ccc(C#N)c[n+]2[O-])[n+]([CH2-])c1. The predicted octanol–water partition coefficient (Wildman–Crippen LogP) is 2.47. The topological polar surface area (TPSA) is 59.0 Å². The van der Waals surface area contributed by atoms with Crippen molar-refractivity contribution in [2.24, 2.45) is 0 Å². The molecule has 0 N–H and O–H groups in total. The van der Waals surface area contributed by atoms with Crippen LogP contribution in [-0.4, -0.2) is 0 Å². The Morgan fingerprint density at radius 2 is 1.90 bits per heavy atom. The van der Waals surface area contributed by atoms with Gasteiger partial charge in [-0.3, -0.25) is 0 Å². The minimum absolute atomic E-state index is 0.322. The maximum absolute atomic E-state index is 11.7. The fourth-order valence-electron chi connectivity index (χ4n) is 1.34. The van der Waals surface area contributed by atoms with E-state index in [-0.39, 0.29) is 0 Å². The molecule has 0 aliphatic rings. The van der Waals surface area contributed by atoms with Gasteiger partial charge in [0.1, 0.15) is 16.7 Å². The summed E-state index contributed by atoms with van der Waals surface area (Å²) in [6.07, 6.45) is 2.86. The Hall–Kier alpha value is -2.35. The molecule has 5 nitrogen and oxygen atoms in total. The van der Waals surface area contributed by atoms with E-state index in [0.717, 1.165) is 5.03 Å². The van der Waals surface area contributed by atoms with E-state index in [4.69, 9.17) is 11.8 Å². The van der Waals surface area contributed by atoms with E-state index < -0.39 is 0 Å². The minimum Gasteiger partial charge on any atom is -0.618 e. The Labute approximate surface area is 124 Å². The first kappa shape index (κ1) is 14.1. The molecule has 98 valence electrons. The lowest BCUT2D eigenvalue weighted by Crippen LogP contribution is -2.29. The van der Waals surface area contributed by atoms with Crippen LogP contribution in [0.15, 0.2) is 46.7 Å². The molecule has 0 radical (unpaired) electrons. The van der Waals surface area contributed by atoms with Crippen LogP contribution >= 0.6 is 21.6 Å². The van der Waals surface area contributed by atoms with Gasteiger partial charge in [-0.25, -0.2) is 4.85 Å². The van der Waals surface area contributed by atoms with Crippen LogP contribution in [0.1, 0.15) is 5.56 Å². The van der Waals surface area contributed by atoms with Crippen LogP contribution in [0.25, 0.3) is 4.85 Å². The highest BCUT2D eigenvalue weighted by molar-refractivity contribution is 8.76. The number of pyridine rings is 2. The Balaban J connectivity index is 2.13. The molecule has 2 aromatic rings. The number of aromatic nitrogens is 2. The molecule has 2 heterocycles. The van der Waals surface area contributed by atoms with Crippen LogP contribution in [0.3, 0.4) is 0 Å². The molecule has 2 rings (SSSR count). The van der Waals surface area contributed by atoms with Crippen LogP contribution in [-0.2, 0) is 0 Å². The molecule has 0 spiro atoms. The van der Waals surface area contributed by atoms with Gasteiger partial charge in [-0.15, -0.1) is 0 Å². The van der Waals surface area contributed by atoms with E-state index in [9.17, 15) is 5.21 Å². The van der Waals surface area contributed by atoms with Crippen molar-refractivity contribution in [3.63, 3.8) is 0 Å². The smallest absolute Gasteiger partial charge is 0.261 e. The normalized spacial score (nSPS) is 9.70. The number of rotatable bonds is 3. The lowest BCUT2D eigenvalue weighted by Gasteiger charge is -2.07. The van der Waals surface area contributed by atoms with Crippen LogP contribution in [0, 0.1) is 30.2 Å². The molecule has 7 heteroatoms. The van der Waals surface area contributed by atoms with E-state index >= 15 is 0 Å². The van der Waals surface area contributed by atoms with Gasteiger partial charge in [-0.05, 0) is 16.9 Å². The molecular weight excluding hydrogens is 292 g/mol. The van der Waals surface area contributed by atoms with E-state index in [2.05, 4.69) is 11.9 Å². The Kier molecular flexibility index (Phi) is 4.36. The first-order valence-electron chi connectivity index (χ1n) is 5.36. The Bertz CT molecular complexity index is 671. The van der Waals surface area contributed by atoms with Gasteiger partial charge in [0.2, 0.25) is 0 Å². The van der Waals surface area contributed by atoms with E-state index in [1.807, 2.05) is 6.07 Å². The number of nitrogens with zero attached hydrogens (tertiary/aromatic N) is 4. The second kappa shape index (κ2) is 6.20. The first-order chi connectivity index (χ1) is 9.63. The lowest BCUT2D eigenvalue weighted by molar-refractivity contribution is -0.651. The predicted molar refractivity (Wildman–Crippen MR) is 75.5 cm³/mol. The minimum atomic E-state index is 0.322. The number of hydrogen-bond acceptors (Lipinski definition) is 4. The molecule has 0 aromatic carbocycles. The summed E-state index contributed by atoms with van der Waals surface area (Å²) >= 11 is 0. The summed E-state index contributed by atoms with van der Waals surface area (Å²) in [4.78, 5) is 3.31. The second-order valence-electron chi connectivity index (χ2n) is 3.67. The van der Waals surface area contributed by atoms with Crippen LogP contribution in [0.5, 0.6) is 0 Å².